The number of carboxylic acid groups (broad SMARTS) is 1. The summed E-state index contributed by atoms with van der Waals surface area (Å²) in [4.78, 5) is 11.7. The SMILES string of the molecule is O=C(O)CCC1CSc2ccc(Cl)cc2N1. The molecule has 0 bridgehead atoms. The van der Waals surface area contributed by atoms with Crippen molar-refractivity contribution in [1.29, 1.82) is 0 Å². The highest BCUT2D eigenvalue weighted by atomic mass is 35.5. The maximum Gasteiger partial charge on any atom is 0.303 e. The van der Waals surface area contributed by atoms with Gasteiger partial charge in [0.25, 0.3) is 0 Å². The van der Waals surface area contributed by atoms with E-state index in [0.717, 1.165) is 11.4 Å². The van der Waals surface area contributed by atoms with Crippen molar-refractivity contribution in [1.82, 2.24) is 0 Å². The standard InChI is InChI=1S/C11H12ClNO2S/c12-7-1-3-10-9(5-7)13-8(6-16-10)2-4-11(14)15/h1,3,5,8,13H,2,4,6H2,(H,14,15). The number of hydrogen-bond donors (Lipinski definition) is 2. The molecule has 86 valence electrons. The largest absolute Gasteiger partial charge is 0.481 e. The highest BCUT2D eigenvalue weighted by molar-refractivity contribution is 7.99. The Morgan fingerprint density at radius 3 is 3.19 bits per heavy atom. The van der Waals surface area contributed by atoms with Gasteiger partial charge in [-0.1, -0.05) is 11.6 Å². The van der Waals surface area contributed by atoms with Crippen LogP contribution in [0.2, 0.25) is 5.02 Å². The summed E-state index contributed by atoms with van der Waals surface area (Å²) in [5, 5.41) is 12.7. The van der Waals surface area contributed by atoms with Crippen molar-refractivity contribution in [2.45, 2.75) is 23.8 Å². The molecule has 1 aliphatic rings. The fraction of sp³-hybridized carbons (Fsp3) is 0.364. The minimum atomic E-state index is -0.747. The third kappa shape index (κ3) is 2.83. The fourth-order valence-electron chi connectivity index (χ4n) is 1.65. The summed E-state index contributed by atoms with van der Waals surface area (Å²) in [5.41, 5.74) is 1.01. The van der Waals surface area contributed by atoms with Gasteiger partial charge in [-0.25, -0.2) is 0 Å². The van der Waals surface area contributed by atoms with Gasteiger partial charge in [0.05, 0.1) is 0 Å². The smallest absolute Gasteiger partial charge is 0.303 e. The van der Waals surface area contributed by atoms with E-state index in [2.05, 4.69) is 5.32 Å². The Kier molecular flexibility index (Phi) is 3.61. The van der Waals surface area contributed by atoms with Gasteiger partial charge in [-0.15, -0.1) is 11.8 Å². The molecular weight excluding hydrogens is 246 g/mol. The minimum absolute atomic E-state index is 0.203. The van der Waals surface area contributed by atoms with Gasteiger partial charge in [0.15, 0.2) is 0 Å². The Balaban J connectivity index is 2.02. The van der Waals surface area contributed by atoms with Crippen LogP contribution >= 0.6 is 23.4 Å². The van der Waals surface area contributed by atoms with Crippen LogP contribution in [0.5, 0.6) is 0 Å². The van der Waals surface area contributed by atoms with Crippen molar-refractivity contribution in [3.05, 3.63) is 23.2 Å². The van der Waals surface area contributed by atoms with Crippen molar-refractivity contribution in [2.75, 3.05) is 11.1 Å². The maximum atomic E-state index is 10.5. The molecule has 0 aliphatic carbocycles. The van der Waals surface area contributed by atoms with E-state index in [1.54, 1.807) is 11.8 Å². The number of carboxylic acids is 1. The molecule has 0 fully saturated rings. The summed E-state index contributed by atoms with van der Waals surface area (Å²) in [6.07, 6.45) is 0.850. The van der Waals surface area contributed by atoms with E-state index in [4.69, 9.17) is 16.7 Å². The number of rotatable bonds is 3. The molecule has 1 heterocycles. The first-order valence-corrected chi connectivity index (χ1v) is 6.42. The lowest BCUT2D eigenvalue weighted by Crippen LogP contribution is -2.26. The maximum absolute atomic E-state index is 10.5. The van der Waals surface area contributed by atoms with Crippen LogP contribution in [0, 0.1) is 0 Å². The normalized spacial score (nSPS) is 18.7. The first-order chi connectivity index (χ1) is 7.65. The van der Waals surface area contributed by atoms with Gasteiger partial charge in [0, 0.05) is 33.8 Å². The number of nitrogens with one attached hydrogen (secondary N) is 1. The minimum Gasteiger partial charge on any atom is -0.481 e. The second-order valence-electron chi connectivity index (χ2n) is 3.73. The van der Waals surface area contributed by atoms with Crippen molar-refractivity contribution < 1.29 is 9.90 Å². The van der Waals surface area contributed by atoms with Crippen molar-refractivity contribution in [3.8, 4) is 0 Å². The van der Waals surface area contributed by atoms with Crippen LogP contribution < -0.4 is 5.32 Å². The van der Waals surface area contributed by atoms with E-state index in [9.17, 15) is 4.79 Å². The van der Waals surface area contributed by atoms with E-state index >= 15 is 0 Å². The van der Waals surface area contributed by atoms with Gasteiger partial charge in [-0.05, 0) is 24.6 Å². The molecule has 2 N–H and O–H groups in total. The molecule has 0 saturated carbocycles. The molecular formula is C11H12ClNO2S. The second-order valence-corrected chi connectivity index (χ2v) is 5.22. The summed E-state index contributed by atoms with van der Waals surface area (Å²) in [6, 6.07) is 5.96. The van der Waals surface area contributed by atoms with Crippen LogP contribution in [0.1, 0.15) is 12.8 Å². The zero-order valence-corrected chi connectivity index (χ0v) is 10.1. The van der Waals surface area contributed by atoms with Gasteiger partial charge in [0.2, 0.25) is 0 Å². The molecule has 1 aromatic rings. The fourth-order valence-corrected chi connectivity index (χ4v) is 2.89. The Morgan fingerprint density at radius 1 is 1.62 bits per heavy atom. The average Bonchev–Trinajstić information content (AvgIpc) is 2.25. The molecule has 5 heteroatoms. The van der Waals surface area contributed by atoms with Crippen LogP contribution in [0.3, 0.4) is 0 Å². The topological polar surface area (TPSA) is 49.3 Å². The van der Waals surface area contributed by atoms with Gasteiger partial charge >= 0.3 is 5.97 Å². The molecule has 1 atom stereocenters. The zero-order chi connectivity index (χ0) is 11.5. The zero-order valence-electron chi connectivity index (χ0n) is 8.57. The average molecular weight is 258 g/mol. The van der Waals surface area contributed by atoms with Crippen LogP contribution in [0.15, 0.2) is 23.1 Å². The first-order valence-electron chi connectivity index (χ1n) is 5.06. The van der Waals surface area contributed by atoms with Crippen LogP contribution in [0.25, 0.3) is 0 Å². The molecule has 3 nitrogen and oxygen atoms in total. The van der Waals surface area contributed by atoms with E-state index in [-0.39, 0.29) is 12.5 Å². The number of thioether (sulfide) groups is 1. The Hall–Kier alpha value is -0.870. The van der Waals surface area contributed by atoms with E-state index in [1.165, 1.54) is 4.90 Å². The molecule has 0 saturated heterocycles. The van der Waals surface area contributed by atoms with Crippen molar-refractivity contribution in [2.24, 2.45) is 0 Å². The lowest BCUT2D eigenvalue weighted by Gasteiger charge is -2.26. The summed E-state index contributed by atoms with van der Waals surface area (Å²) >= 11 is 7.65. The third-order valence-electron chi connectivity index (χ3n) is 2.45. The number of halogens is 1. The molecule has 0 amide bonds. The molecule has 0 radical (unpaired) electrons. The van der Waals surface area contributed by atoms with Gasteiger partial charge < -0.3 is 10.4 Å². The van der Waals surface area contributed by atoms with E-state index in [1.807, 2.05) is 18.2 Å². The molecule has 0 spiro atoms. The van der Waals surface area contributed by atoms with Crippen molar-refractivity contribution >= 4 is 35.0 Å². The molecule has 0 aromatic heterocycles. The van der Waals surface area contributed by atoms with E-state index in [0.29, 0.717) is 11.4 Å². The second kappa shape index (κ2) is 4.97. The molecule has 1 unspecified atom stereocenters. The molecule has 1 aliphatic heterocycles. The number of hydrogen-bond acceptors (Lipinski definition) is 3. The van der Waals surface area contributed by atoms with Crippen LogP contribution in [-0.2, 0) is 4.79 Å². The number of benzene rings is 1. The van der Waals surface area contributed by atoms with Gasteiger partial charge in [0.1, 0.15) is 0 Å². The van der Waals surface area contributed by atoms with Crippen LogP contribution in [-0.4, -0.2) is 22.9 Å². The van der Waals surface area contributed by atoms with Gasteiger partial charge in [-0.3, -0.25) is 4.79 Å². The highest BCUT2D eigenvalue weighted by Crippen LogP contribution is 2.35. The highest BCUT2D eigenvalue weighted by Gasteiger charge is 2.18. The number of carbonyl (C=O) groups is 1. The number of anilines is 1. The first kappa shape index (κ1) is 11.6. The monoisotopic (exact) mass is 257 g/mol. The Bertz CT molecular complexity index is 411. The summed E-state index contributed by atoms with van der Waals surface area (Å²) in [6.45, 7) is 0. The predicted molar refractivity (Wildman–Crippen MR) is 66.5 cm³/mol. The molecule has 16 heavy (non-hydrogen) atoms. The van der Waals surface area contributed by atoms with Gasteiger partial charge in [-0.2, -0.15) is 0 Å². The predicted octanol–water partition coefficient (Wildman–Crippen LogP) is 3.09. The Labute approximate surface area is 103 Å². The molecule has 2 rings (SSSR count). The lowest BCUT2D eigenvalue weighted by atomic mass is 10.1. The number of fused-ring (bicyclic) bond motifs is 1. The van der Waals surface area contributed by atoms with E-state index < -0.39 is 5.97 Å². The quantitative estimate of drug-likeness (QED) is 0.874. The third-order valence-corrected chi connectivity index (χ3v) is 3.92. The summed E-state index contributed by atoms with van der Waals surface area (Å²) < 4.78 is 0. The lowest BCUT2D eigenvalue weighted by molar-refractivity contribution is -0.137. The summed E-state index contributed by atoms with van der Waals surface area (Å²) in [7, 11) is 0. The Morgan fingerprint density at radius 2 is 2.44 bits per heavy atom. The number of aliphatic carboxylic acids is 1. The molecule has 1 aromatic carbocycles. The van der Waals surface area contributed by atoms with Crippen LogP contribution in [0.4, 0.5) is 5.69 Å². The van der Waals surface area contributed by atoms with Crippen molar-refractivity contribution in [3.63, 3.8) is 0 Å². The summed E-state index contributed by atoms with van der Waals surface area (Å²) in [5.74, 6) is 0.158.